The zero-order valence-corrected chi connectivity index (χ0v) is 17.8. The molecule has 4 N–H and O–H groups in total. The van der Waals surface area contributed by atoms with Crippen LogP contribution in [0.15, 0.2) is 53.1 Å². The van der Waals surface area contributed by atoms with Crippen LogP contribution in [0, 0.1) is 0 Å². The third kappa shape index (κ3) is 5.98. The van der Waals surface area contributed by atoms with Gasteiger partial charge < -0.3 is 29.9 Å². The highest BCUT2D eigenvalue weighted by atomic mass is 79.9. The van der Waals surface area contributed by atoms with Crippen LogP contribution >= 0.6 is 15.9 Å². The first-order chi connectivity index (χ1) is 14.2. The number of aromatic hydroxyl groups is 1. The minimum atomic E-state index is -1.82. The quantitative estimate of drug-likeness (QED) is 0.411. The fourth-order valence-corrected chi connectivity index (χ4v) is 2.74. The van der Waals surface area contributed by atoms with Crippen LogP contribution in [0.1, 0.15) is 5.56 Å². The van der Waals surface area contributed by atoms with E-state index < -0.39 is 11.9 Å². The molecule has 0 unspecified atom stereocenters. The van der Waals surface area contributed by atoms with Crippen molar-refractivity contribution in [1.82, 2.24) is 9.55 Å². The first kappa shape index (κ1) is 22.8. The van der Waals surface area contributed by atoms with Gasteiger partial charge in [0, 0.05) is 18.1 Å². The number of ether oxygens (including phenoxy) is 1. The number of imidazole rings is 1. The summed E-state index contributed by atoms with van der Waals surface area (Å²) in [5.74, 6) is -2.27. The zero-order chi connectivity index (χ0) is 22.3. The first-order valence-electron chi connectivity index (χ1n) is 8.56. The monoisotopic (exact) mass is 477 g/mol. The number of aliphatic carboxylic acids is 2. The fourth-order valence-electron chi connectivity index (χ4n) is 2.48. The SMILES string of the molecule is COc1cc(CNc2ncc(-c3ccc(Br)cc3)n2C)ccc1O.O=C(O)C(=O)O. The minimum Gasteiger partial charge on any atom is -0.504 e. The molecule has 0 spiro atoms. The number of carboxylic acid groups (broad SMARTS) is 2. The van der Waals surface area contributed by atoms with Gasteiger partial charge in [-0.1, -0.05) is 34.1 Å². The van der Waals surface area contributed by atoms with Crippen molar-refractivity contribution in [2.75, 3.05) is 12.4 Å². The Hall–Kier alpha value is -3.53. The molecular formula is C20H20BrN3O6. The van der Waals surface area contributed by atoms with Crippen molar-refractivity contribution in [2.24, 2.45) is 7.05 Å². The van der Waals surface area contributed by atoms with Crippen molar-refractivity contribution in [3.8, 4) is 22.8 Å². The van der Waals surface area contributed by atoms with Crippen molar-refractivity contribution in [3.63, 3.8) is 0 Å². The molecule has 2 aromatic carbocycles. The molecule has 0 bridgehead atoms. The summed E-state index contributed by atoms with van der Waals surface area (Å²) in [7, 11) is 3.51. The van der Waals surface area contributed by atoms with E-state index in [1.807, 2.05) is 36.0 Å². The molecule has 0 aliphatic heterocycles. The molecule has 1 heterocycles. The summed E-state index contributed by atoms with van der Waals surface area (Å²) >= 11 is 3.45. The predicted octanol–water partition coefficient (Wildman–Crippen LogP) is 3.33. The Kier molecular flexibility index (Phi) is 7.82. The molecule has 0 aliphatic rings. The van der Waals surface area contributed by atoms with Gasteiger partial charge in [-0.3, -0.25) is 0 Å². The maximum absolute atomic E-state index is 9.65. The largest absolute Gasteiger partial charge is 0.504 e. The molecule has 30 heavy (non-hydrogen) atoms. The number of nitrogens with zero attached hydrogens (tertiary/aromatic N) is 2. The standard InChI is InChI=1S/C18H18BrN3O2.C2H2O4/c1-22-15(13-4-6-14(19)7-5-13)11-21-18(22)20-10-12-3-8-16(23)17(9-12)24-2;3-1(4)2(5)6/h3-9,11,23H,10H2,1-2H3,(H,20,21);(H,3,4)(H,5,6). The highest BCUT2D eigenvalue weighted by Crippen LogP contribution is 2.27. The lowest BCUT2D eigenvalue weighted by atomic mass is 10.2. The first-order valence-corrected chi connectivity index (χ1v) is 9.35. The molecule has 0 radical (unpaired) electrons. The van der Waals surface area contributed by atoms with Crippen LogP contribution in [0.25, 0.3) is 11.3 Å². The van der Waals surface area contributed by atoms with Crippen molar-refractivity contribution in [1.29, 1.82) is 0 Å². The van der Waals surface area contributed by atoms with Gasteiger partial charge in [-0.25, -0.2) is 14.6 Å². The van der Waals surface area contributed by atoms with E-state index in [-0.39, 0.29) is 5.75 Å². The zero-order valence-electron chi connectivity index (χ0n) is 16.2. The Bertz CT molecular complexity index is 1020. The fraction of sp³-hybridized carbons (Fsp3) is 0.150. The normalized spacial score (nSPS) is 9.97. The average Bonchev–Trinajstić information content (AvgIpc) is 3.08. The second kappa shape index (κ2) is 10.3. The number of anilines is 1. The number of methoxy groups -OCH3 is 1. The van der Waals surface area contributed by atoms with Crippen molar-refractivity contribution in [3.05, 3.63) is 58.7 Å². The number of carbonyl (C=O) groups is 2. The van der Waals surface area contributed by atoms with Crippen molar-refractivity contribution < 1.29 is 29.6 Å². The van der Waals surface area contributed by atoms with Crippen LogP contribution in [-0.2, 0) is 23.2 Å². The molecule has 0 atom stereocenters. The number of carboxylic acids is 2. The van der Waals surface area contributed by atoms with Gasteiger partial charge in [-0.15, -0.1) is 0 Å². The molecule has 10 heteroatoms. The van der Waals surface area contributed by atoms with Gasteiger partial charge in [0.2, 0.25) is 5.95 Å². The van der Waals surface area contributed by atoms with Crippen LogP contribution in [-0.4, -0.2) is 43.9 Å². The van der Waals surface area contributed by atoms with Gasteiger partial charge in [0.15, 0.2) is 11.5 Å². The molecule has 0 saturated carbocycles. The van der Waals surface area contributed by atoms with Gasteiger partial charge >= 0.3 is 11.9 Å². The summed E-state index contributed by atoms with van der Waals surface area (Å²) in [6.45, 7) is 0.585. The van der Waals surface area contributed by atoms with Gasteiger partial charge in [0.05, 0.1) is 19.0 Å². The number of hydrogen-bond acceptors (Lipinski definition) is 6. The summed E-state index contributed by atoms with van der Waals surface area (Å²) in [5, 5.41) is 27.7. The second-order valence-corrected chi connectivity index (χ2v) is 6.92. The molecule has 0 amide bonds. The van der Waals surface area contributed by atoms with E-state index in [2.05, 4.69) is 38.4 Å². The molecule has 3 aromatic rings. The second-order valence-electron chi connectivity index (χ2n) is 6.00. The third-order valence-corrected chi connectivity index (χ3v) is 4.53. The Balaban J connectivity index is 0.000000469. The molecule has 158 valence electrons. The minimum absolute atomic E-state index is 0.135. The lowest BCUT2D eigenvalue weighted by Crippen LogP contribution is -2.09. The molecule has 0 aliphatic carbocycles. The number of aromatic nitrogens is 2. The lowest BCUT2D eigenvalue weighted by Gasteiger charge is -2.10. The number of hydrogen-bond donors (Lipinski definition) is 4. The number of phenols is 1. The lowest BCUT2D eigenvalue weighted by molar-refractivity contribution is -0.159. The summed E-state index contributed by atoms with van der Waals surface area (Å²) in [4.78, 5) is 22.6. The Morgan fingerprint density at radius 2 is 1.77 bits per heavy atom. The third-order valence-electron chi connectivity index (χ3n) is 4.01. The van der Waals surface area contributed by atoms with Crippen LogP contribution in [0.5, 0.6) is 11.5 Å². The van der Waals surface area contributed by atoms with E-state index in [1.54, 1.807) is 12.1 Å². The Morgan fingerprint density at radius 1 is 1.13 bits per heavy atom. The molecule has 3 rings (SSSR count). The highest BCUT2D eigenvalue weighted by molar-refractivity contribution is 9.10. The predicted molar refractivity (Wildman–Crippen MR) is 114 cm³/mol. The molecule has 0 saturated heterocycles. The Labute approximate surface area is 180 Å². The summed E-state index contributed by atoms with van der Waals surface area (Å²) in [6.07, 6.45) is 1.85. The van der Waals surface area contributed by atoms with Crippen LogP contribution < -0.4 is 10.1 Å². The topological polar surface area (TPSA) is 134 Å². The van der Waals surface area contributed by atoms with Gasteiger partial charge in [0.25, 0.3) is 0 Å². The maximum Gasteiger partial charge on any atom is 0.414 e. The van der Waals surface area contributed by atoms with E-state index in [0.717, 1.165) is 27.2 Å². The van der Waals surface area contributed by atoms with E-state index >= 15 is 0 Å². The van der Waals surface area contributed by atoms with Crippen molar-refractivity contribution in [2.45, 2.75) is 6.54 Å². The van der Waals surface area contributed by atoms with E-state index in [4.69, 9.17) is 24.5 Å². The highest BCUT2D eigenvalue weighted by Gasteiger charge is 2.09. The summed E-state index contributed by atoms with van der Waals surface area (Å²) < 4.78 is 8.19. The molecule has 0 fully saturated rings. The Morgan fingerprint density at radius 3 is 2.33 bits per heavy atom. The van der Waals surface area contributed by atoms with Gasteiger partial charge in [-0.2, -0.15) is 0 Å². The van der Waals surface area contributed by atoms with Crippen LogP contribution in [0.4, 0.5) is 5.95 Å². The number of phenolic OH excluding ortho intramolecular Hbond substituents is 1. The number of nitrogens with one attached hydrogen (secondary N) is 1. The van der Waals surface area contributed by atoms with E-state index in [0.29, 0.717) is 12.3 Å². The van der Waals surface area contributed by atoms with E-state index in [9.17, 15) is 5.11 Å². The van der Waals surface area contributed by atoms with Crippen molar-refractivity contribution >= 4 is 33.8 Å². The molecular weight excluding hydrogens is 458 g/mol. The van der Waals surface area contributed by atoms with Gasteiger partial charge in [0.1, 0.15) is 0 Å². The molecule has 9 nitrogen and oxygen atoms in total. The van der Waals surface area contributed by atoms with Crippen LogP contribution in [0.2, 0.25) is 0 Å². The number of halogens is 1. The smallest absolute Gasteiger partial charge is 0.414 e. The number of rotatable bonds is 5. The summed E-state index contributed by atoms with van der Waals surface area (Å²) in [6, 6.07) is 13.4. The van der Waals surface area contributed by atoms with Gasteiger partial charge in [-0.05, 0) is 35.4 Å². The van der Waals surface area contributed by atoms with E-state index in [1.165, 1.54) is 7.11 Å². The van der Waals surface area contributed by atoms with Crippen LogP contribution in [0.3, 0.4) is 0 Å². The summed E-state index contributed by atoms with van der Waals surface area (Å²) in [5.41, 5.74) is 3.14. The molecule has 1 aromatic heterocycles. The number of benzene rings is 2. The average molecular weight is 478 g/mol. The maximum atomic E-state index is 9.65.